The van der Waals surface area contributed by atoms with E-state index in [0.717, 1.165) is 5.56 Å². The standard InChI is InChI=1S/C14H19NO5/c1-9-13(11(16)7-12(17)20-9)15-14(18)19-8-10-5-3-2-4-6-10/h2-6,9,11-13,16-17H,7-8H2,1H3,(H,15,18)/t9-,11-,12?,13+/m0/s1. The van der Waals surface area contributed by atoms with Crippen LogP contribution >= 0.6 is 0 Å². The lowest BCUT2D eigenvalue weighted by Gasteiger charge is -2.36. The van der Waals surface area contributed by atoms with E-state index in [1.165, 1.54) is 0 Å². The summed E-state index contributed by atoms with van der Waals surface area (Å²) in [6, 6.07) is 8.71. The lowest BCUT2D eigenvalue weighted by molar-refractivity contribution is -0.195. The summed E-state index contributed by atoms with van der Waals surface area (Å²) < 4.78 is 10.2. The van der Waals surface area contributed by atoms with Gasteiger partial charge in [-0.15, -0.1) is 0 Å². The normalized spacial score (nSPS) is 29.8. The molecule has 1 fully saturated rings. The van der Waals surface area contributed by atoms with Crippen LogP contribution < -0.4 is 5.32 Å². The minimum atomic E-state index is -1.00. The maximum Gasteiger partial charge on any atom is 0.407 e. The van der Waals surface area contributed by atoms with Crippen LogP contribution in [0.15, 0.2) is 30.3 Å². The number of ether oxygens (including phenoxy) is 2. The molecule has 0 radical (unpaired) electrons. The number of carbonyl (C=O) groups excluding carboxylic acids is 1. The number of hydrogen-bond acceptors (Lipinski definition) is 5. The average Bonchev–Trinajstić information content (AvgIpc) is 2.42. The minimum absolute atomic E-state index is 0.0635. The monoisotopic (exact) mass is 281 g/mol. The Morgan fingerprint density at radius 2 is 2.10 bits per heavy atom. The van der Waals surface area contributed by atoms with Crippen LogP contribution in [0.1, 0.15) is 18.9 Å². The second-order valence-electron chi connectivity index (χ2n) is 4.83. The molecule has 1 aromatic carbocycles. The number of benzene rings is 1. The molecule has 1 unspecified atom stereocenters. The van der Waals surface area contributed by atoms with E-state index >= 15 is 0 Å². The first-order valence-electron chi connectivity index (χ1n) is 6.55. The van der Waals surface area contributed by atoms with Crippen LogP contribution in [0, 0.1) is 0 Å². The van der Waals surface area contributed by atoms with Crippen molar-refractivity contribution in [3.8, 4) is 0 Å². The van der Waals surface area contributed by atoms with Crippen LogP contribution in [0.5, 0.6) is 0 Å². The highest BCUT2D eigenvalue weighted by atomic mass is 16.6. The molecule has 3 N–H and O–H groups in total. The molecular formula is C14H19NO5. The van der Waals surface area contributed by atoms with Gasteiger partial charge >= 0.3 is 6.09 Å². The Kier molecular flexibility index (Phi) is 4.94. The first-order valence-corrected chi connectivity index (χ1v) is 6.55. The van der Waals surface area contributed by atoms with Gasteiger partial charge in [-0.25, -0.2) is 4.79 Å². The van der Waals surface area contributed by atoms with Gasteiger partial charge in [0.15, 0.2) is 6.29 Å². The molecule has 1 aliphatic heterocycles. The molecule has 1 aliphatic rings. The number of aliphatic hydroxyl groups is 2. The molecule has 6 nitrogen and oxygen atoms in total. The predicted octanol–water partition coefficient (Wildman–Crippen LogP) is 0.769. The number of rotatable bonds is 3. The lowest BCUT2D eigenvalue weighted by Crippen LogP contribution is -2.56. The molecule has 0 aromatic heterocycles. The quantitative estimate of drug-likeness (QED) is 0.761. The maximum atomic E-state index is 11.7. The third kappa shape index (κ3) is 3.93. The van der Waals surface area contributed by atoms with E-state index in [4.69, 9.17) is 9.47 Å². The largest absolute Gasteiger partial charge is 0.445 e. The Hall–Kier alpha value is -1.63. The maximum absolute atomic E-state index is 11.7. The number of amides is 1. The number of nitrogens with one attached hydrogen (secondary N) is 1. The van der Waals surface area contributed by atoms with Crippen LogP contribution in [-0.4, -0.2) is 40.8 Å². The van der Waals surface area contributed by atoms with Crippen molar-refractivity contribution in [3.05, 3.63) is 35.9 Å². The molecule has 110 valence electrons. The molecule has 6 heteroatoms. The molecule has 4 atom stereocenters. The Balaban J connectivity index is 1.82. The van der Waals surface area contributed by atoms with Crippen LogP contribution in [0.3, 0.4) is 0 Å². The van der Waals surface area contributed by atoms with Crippen molar-refractivity contribution in [1.82, 2.24) is 5.32 Å². The second kappa shape index (κ2) is 6.69. The number of hydrogen-bond donors (Lipinski definition) is 3. The summed E-state index contributed by atoms with van der Waals surface area (Å²) in [5.41, 5.74) is 0.881. The average molecular weight is 281 g/mol. The first kappa shape index (κ1) is 14.8. The lowest BCUT2D eigenvalue weighted by atomic mass is 10.00. The minimum Gasteiger partial charge on any atom is -0.445 e. The summed E-state index contributed by atoms with van der Waals surface area (Å²) in [6.45, 7) is 1.83. The van der Waals surface area contributed by atoms with Crippen LogP contribution in [0.25, 0.3) is 0 Å². The Labute approximate surface area is 117 Å². The number of aliphatic hydroxyl groups excluding tert-OH is 2. The van der Waals surface area contributed by atoms with Crippen LogP contribution in [-0.2, 0) is 16.1 Å². The summed E-state index contributed by atoms with van der Waals surface area (Å²) in [5.74, 6) is 0. The van der Waals surface area contributed by atoms with Crippen molar-refractivity contribution >= 4 is 6.09 Å². The van der Waals surface area contributed by atoms with Gasteiger partial charge in [0.1, 0.15) is 6.61 Å². The van der Waals surface area contributed by atoms with E-state index in [-0.39, 0.29) is 13.0 Å². The van der Waals surface area contributed by atoms with Gasteiger partial charge in [0.25, 0.3) is 0 Å². The molecular weight excluding hydrogens is 262 g/mol. The van der Waals surface area contributed by atoms with Gasteiger partial charge in [-0.1, -0.05) is 30.3 Å². The van der Waals surface area contributed by atoms with E-state index in [1.54, 1.807) is 6.92 Å². The molecule has 1 aromatic rings. The van der Waals surface area contributed by atoms with Crippen LogP contribution in [0.4, 0.5) is 4.79 Å². The summed E-state index contributed by atoms with van der Waals surface area (Å²) in [7, 11) is 0. The zero-order valence-electron chi connectivity index (χ0n) is 11.2. The summed E-state index contributed by atoms with van der Waals surface area (Å²) >= 11 is 0. The smallest absolute Gasteiger partial charge is 0.407 e. The SMILES string of the molecule is C[C@@H]1OC(O)C[C@H](O)[C@@H]1NC(=O)OCc1ccccc1. The molecule has 0 spiro atoms. The highest BCUT2D eigenvalue weighted by molar-refractivity contribution is 5.67. The van der Waals surface area contributed by atoms with Gasteiger partial charge in [-0.2, -0.15) is 0 Å². The van der Waals surface area contributed by atoms with E-state index in [0.29, 0.717) is 0 Å². The summed E-state index contributed by atoms with van der Waals surface area (Å²) in [5, 5.41) is 21.7. The van der Waals surface area contributed by atoms with Gasteiger partial charge in [-0.3, -0.25) is 0 Å². The molecule has 20 heavy (non-hydrogen) atoms. The van der Waals surface area contributed by atoms with E-state index < -0.39 is 30.6 Å². The molecule has 1 saturated heterocycles. The van der Waals surface area contributed by atoms with Gasteiger partial charge < -0.3 is 25.0 Å². The van der Waals surface area contributed by atoms with Crippen molar-refractivity contribution in [2.45, 2.75) is 44.5 Å². The topological polar surface area (TPSA) is 88.0 Å². The molecule has 0 saturated carbocycles. The molecule has 1 amide bonds. The molecule has 0 aliphatic carbocycles. The zero-order chi connectivity index (χ0) is 14.5. The van der Waals surface area contributed by atoms with E-state index in [1.807, 2.05) is 30.3 Å². The third-order valence-electron chi connectivity index (χ3n) is 3.23. The van der Waals surface area contributed by atoms with Crippen molar-refractivity contribution < 1.29 is 24.5 Å². The summed E-state index contributed by atoms with van der Waals surface area (Å²) in [6.07, 6.45) is -2.91. The third-order valence-corrected chi connectivity index (χ3v) is 3.23. The second-order valence-corrected chi connectivity index (χ2v) is 4.83. The van der Waals surface area contributed by atoms with Crippen molar-refractivity contribution in [1.29, 1.82) is 0 Å². The van der Waals surface area contributed by atoms with Gasteiger partial charge in [-0.05, 0) is 12.5 Å². The van der Waals surface area contributed by atoms with E-state index in [9.17, 15) is 15.0 Å². The fourth-order valence-electron chi connectivity index (χ4n) is 2.17. The van der Waals surface area contributed by atoms with Crippen LogP contribution in [0.2, 0.25) is 0 Å². The number of alkyl carbamates (subject to hydrolysis) is 1. The molecule has 1 heterocycles. The van der Waals surface area contributed by atoms with Gasteiger partial charge in [0.2, 0.25) is 0 Å². The molecule has 2 rings (SSSR count). The Morgan fingerprint density at radius 1 is 1.40 bits per heavy atom. The highest BCUT2D eigenvalue weighted by Gasteiger charge is 2.35. The predicted molar refractivity (Wildman–Crippen MR) is 70.7 cm³/mol. The van der Waals surface area contributed by atoms with E-state index in [2.05, 4.69) is 5.32 Å². The Morgan fingerprint density at radius 3 is 2.75 bits per heavy atom. The Bertz CT molecular complexity index is 426. The number of carbonyl (C=O) groups is 1. The summed E-state index contributed by atoms with van der Waals surface area (Å²) in [4.78, 5) is 11.7. The fraction of sp³-hybridized carbons (Fsp3) is 0.500. The van der Waals surface area contributed by atoms with Gasteiger partial charge in [0, 0.05) is 6.42 Å². The highest BCUT2D eigenvalue weighted by Crippen LogP contribution is 2.18. The van der Waals surface area contributed by atoms with Crippen molar-refractivity contribution in [3.63, 3.8) is 0 Å². The first-order chi connectivity index (χ1) is 9.56. The van der Waals surface area contributed by atoms with Gasteiger partial charge in [0.05, 0.1) is 18.2 Å². The molecule has 0 bridgehead atoms. The van der Waals surface area contributed by atoms with Crippen molar-refractivity contribution in [2.75, 3.05) is 0 Å². The fourth-order valence-corrected chi connectivity index (χ4v) is 2.17. The van der Waals surface area contributed by atoms with Crippen molar-refractivity contribution in [2.24, 2.45) is 0 Å². The zero-order valence-corrected chi connectivity index (χ0v) is 11.2.